The molecule has 2 aliphatic rings. The van der Waals surface area contributed by atoms with E-state index in [0.717, 1.165) is 55.6 Å². The average molecular weight is 483 g/mol. The van der Waals surface area contributed by atoms with E-state index < -0.39 is 23.1 Å². The Labute approximate surface area is 202 Å². The minimum atomic E-state index is -1.49. The van der Waals surface area contributed by atoms with Crippen molar-refractivity contribution < 1.29 is 22.8 Å². The number of anilines is 1. The number of hydrogen-bond donors (Lipinski definition) is 1. The lowest BCUT2D eigenvalue weighted by atomic mass is 9.91. The maximum absolute atomic E-state index is 15.0. The van der Waals surface area contributed by atoms with Crippen LogP contribution in [0.3, 0.4) is 0 Å². The predicted octanol–water partition coefficient (Wildman–Crippen LogP) is 5.07. The molecule has 1 saturated carbocycles. The molecule has 5 rings (SSSR count). The second-order valence-corrected chi connectivity index (χ2v) is 9.58. The Balaban J connectivity index is 1.55. The van der Waals surface area contributed by atoms with Crippen molar-refractivity contribution in [3.63, 3.8) is 0 Å². The van der Waals surface area contributed by atoms with Crippen LogP contribution in [0.25, 0.3) is 11.5 Å². The summed E-state index contributed by atoms with van der Waals surface area (Å²) in [6.07, 6.45) is 8.71. The van der Waals surface area contributed by atoms with Crippen LogP contribution in [0.4, 0.5) is 14.5 Å². The number of halogens is 2. The zero-order valence-electron chi connectivity index (χ0n) is 19.6. The number of rotatable bonds is 4. The Morgan fingerprint density at radius 1 is 1.11 bits per heavy atom. The molecule has 0 bridgehead atoms. The van der Waals surface area contributed by atoms with E-state index >= 15 is 0 Å². The lowest BCUT2D eigenvalue weighted by Gasteiger charge is -2.43. The molecule has 3 aromatic rings. The van der Waals surface area contributed by atoms with Crippen LogP contribution in [0.1, 0.15) is 62.4 Å². The van der Waals surface area contributed by atoms with E-state index in [-0.39, 0.29) is 29.9 Å². The molecule has 1 aliphatic heterocycles. The number of fused-ring (bicyclic) bond motifs is 1. The number of benzene rings is 1. The van der Waals surface area contributed by atoms with Gasteiger partial charge in [-0.25, -0.2) is 8.78 Å². The molecule has 184 valence electrons. The molecule has 9 heteroatoms. The van der Waals surface area contributed by atoms with E-state index in [0.29, 0.717) is 11.5 Å². The molecule has 0 radical (unpaired) electrons. The summed E-state index contributed by atoms with van der Waals surface area (Å²) in [5.41, 5.74) is -1.02. The quantitative estimate of drug-likeness (QED) is 0.563. The maximum atomic E-state index is 15.0. The fourth-order valence-electron chi connectivity index (χ4n) is 5.11. The Kier molecular flexibility index (Phi) is 6.17. The summed E-state index contributed by atoms with van der Waals surface area (Å²) >= 11 is 0. The van der Waals surface area contributed by atoms with Crippen molar-refractivity contribution in [1.29, 1.82) is 0 Å². The van der Waals surface area contributed by atoms with Gasteiger partial charge in [0.15, 0.2) is 5.76 Å². The standard InChI is InChI=1S/C26H28F2N4O3/c1-26(25(34)29-18-8-5-3-2-4-6-9-18)16-31-22(15-20(30-31)23-10-7-13-35-23)24(33)32(26)21-12-11-17(27)14-19(21)28/h7,10-15,18H,2-6,8-9,16H2,1H3,(H,29,34). The van der Waals surface area contributed by atoms with E-state index in [1.54, 1.807) is 25.1 Å². The SMILES string of the molecule is CC1(C(=O)NC2CCCCCCC2)Cn2nc(-c3ccco3)cc2C(=O)N1c1ccc(F)cc1F. The van der Waals surface area contributed by atoms with E-state index in [4.69, 9.17) is 4.42 Å². The van der Waals surface area contributed by atoms with E-state index in [1.807, 2.05) is 0 Å². The Bertz CT molecular complexity index is 1230. The topological polar surface area (TPSA) is 80.4 Å². The smallest absolute Gasteiger partial charge is 0.277 e. The third-order valence-corrected chi connectivity index (χ3v) is 7.01. The second kappa shape index (κ2) is 9.28. The summed E-state index contributed by atoms with van der Waals surface area (Å²) in [6.45, 7) is 1.60. The molecular weight excluding hydrogens is 454 g/mol. The third kappa shape index (κ3) is 4.35. The summed E-state index contributed by atoms with van der Waals surface area (Å²) in [4.78, 5) is 28.7. The van der Waals surface area contributed by atoms with Crippen LogP contribution < -0.4 is 10.2 Å². The van der Waals surface area contributed by atoms with Gasteiger partial charge in [-0.15, -0.1) is 0 Å². The number of furan rings is 1. The van der Waals surface area contributed by atoms with Gasteiger partial charge in [-0.2, -0.15) is 5.10 Å². The van der Waals surface area contributed by atoms with Crippen molar-refractivity contribution in [3.8, 4) is 11.5 Å². The molecule has 1 N–H and O–H groups in total. The fourth-order valence-corrected chi connectivity index (χ4v) is 5.11. The van der Waals surface area contributed by atoms with Crippen LogP contribution in [-0.4, -0.2) is 33.2 Å². The zero-order valence-corrected chi connectivity index (χ0v) is 19.6. The van der Waals surface area contributed by atoms with Crippen LogP contribution in [0.2, 0.25) is 0 Å². The van der Waals surface area contributed by atoms with Crippen LogP contribution in [0.5, 0.6) is 0 Å². The van der Waals surface area contributed by atoms with E-state index in [2.05, 4.69) is 10.4 Å². The van der Waals surface area contributed by atoms with Gasteiger partial charge in [-0.3, -0.25) is 19.2 Å². The molecule has 35 heavy (non-hydrogen) atoms. The number of hydrogen-bond acceptors (Lipinski definition) is 4. The Morgan fingerprint density at radius 2 is 1.86 bits per heavy atom. The molecule has 1 fully saturated rings. The van der Waals surface area contributed by atoms with Gasteiger partial charge >= 0.3 is 0 Å². The highest BCUT2D eigenvalue weighted by Crippen LogP contribution is 2.36. The third-order valence-electron chi connectivity index (χ3n) is 7.01. The van der Waals surface area contributed by atoms with Gasteiger partial charge in [-0.1, -0.05) is 32.1 Å². The second-order valence-electron chi connectivity index (χ2n) is 9.58. The number of carbonyl (C=O) groups excluding carboxylic acids is 2. The molecule has 2 amide bonds. The monoisotopic (exact) mass is 482 g/mol. The fraction of sp³-hybridized carbons (Fsp3) is 0.423. The number of aromatic nitrogens is 2. The summed E-state index contributed by atoms with van der Waals surface area (Å²) in [6, 6.07) is 7.96. The number of carbonyl (C=O) groups is 2. The van der Waals surface area contributed by atoms with E-state index in [1.165, 1.54) is 23.4 Å². The van der Waals surface area contributed by atoms with Gasteiger partial charge in [0.2, 0.25) is 5.91 Å². The molecule has 0 spiro atoms. The molecule has 2 aromatic heterocycles. The highest BCUT2D eigenvalue weighted by Gasteiger charge is 2.50. The van der Waals surface area contributed by atoms with Crippen LogP contribution >= 0.6 is 0 Å². The molecular formula is C26H28F2N4O3. The largest absolute Gasteiger partial charge is 0.463 e. The first-order valence-corrected chi connectivity index (χ1v) is 12.1. The van der Waals surface area contributed by atoms with Gasteiger partial charge < -0.3 is 9.73 Å². The number of amides is 2. The number of nitrogens with one attached hydrogen (secondary N) is 1. The molecule has 1 aromatic carbocycles. The highest BCUT2D eigenvalue weighted by molar-refractivity contribution is 6.12. The van der Waals surface area contributed by atoms with E-state index in [9.17, 15) is 18.4 Å². The van der Waals surface area contributed by atoms with Gasteiger partial charge in [0.05, 0.1) is 18.5 Å². The van der Waals surface area contributed by atoms with Crippen LogP contribution in [0.15, 0.2) is 47.1 Å². The Morgan fingerprint density at radius 3 is 2.54 bits per heavy atom. The molecule has 1 aliphatic carbocycles. The molecule has 3 heterocycles. The Hall–Kier alpha value is -3.49. The van der Waals surface area contributed by atoms with Gasteiger partial charge in [0, 0.05) is 18.2 Å². The van der Waals surface area contributed by atoms with Crippen molar-refractivity contribution in [2.45, 2.75) is 70.0 Å². The summed E-state index contributed by atoms with van der Waals surface area (Å²) in [5, 5.41) is 7.63. The molecule has 1 atom stereocenters. The van der Waals surface area contributed by atoms with Crippen molar-refractivity contribution in [1.82, 2.24) is 15.1 Å². The average Bonchev–Trinajstić information content (AvgIpc) is 3.47. The van der Waals surface area contributed by atoms with Gasteiger partial charge in [0.25, 0.3) is 5.91 Å². The predicted molar refractivity (Wildman–Crippen MR) is 126 cm³/mol. The molecule has 0 saturated heterocycles. The normalized spacial score (nSPS) is 21.3. The first kappa shape index (κ1) is 23.3. The van der Waals surface area contributed by atoms with Crippen molar-refractivity contribution >= 4 is 17.5 Å². The minimum Gasteiger partial charge on any atom is -0.463 e. The first-order valence-electron chi connectivity index (χ1n) is 12.1. The highest BCUT2D eigenvalue weighted by atomic mass is 19.1. The lowest BCUT2D eigenvalue weighted by Crippen LogP contribution is -2.65. The van der Waals surface area contributed by atoms with Gasteiger partial charge in [-0.05, 0) is 44.0 Å². The van der Waals surface area contributed by atoms with Crippen molar-refractivity contribution in [3.05, 3.63) is 60.0 Å². The zero-order chi connectivity index (χ0) is 24.6. The van der Waals surface area contributed by atoms with Crippen molar-refractivity contribution in [2.24, 2.45) is 0 Å². The van der Waals surface area contributed by atoms with Gasteiger partial charge in [0.1, 0.15) is 28.6 Å². The number of nitrogens with zero attached hydrogens (tertiary/aromatic N) is 3. The summed E-state index contributed by atoms with van der Waals surface area (Å²) < 4.78 is 35.6. The van der Waals surface area contributed by atoms with Crippen LogP contribution in [-0.2, 0) is 11.3 Å². The first-order chi connectivity index (χ1) is 16.9. The lowest BCUT2D eigenvalue weighted by molar-refractivity contribution is -0.127. The van der Waals surface area contributed by atoms with Crippen LogP contribution in [0, 0.1) is 11.6 Å². The maximum Gasteiger partial charge on any atom is 0.277 e. The summed E-state index contributed by atoms with van der Waals surface area (Å²) in [5.74, 6) is -2.19. The molecule has 7 nitrogen and oxygen atoms in total. The summed E-state index contributed by atoms with van der Waals surface area (Å²) in [7, 11) is 0. The minimum absolute atomic E-state index is 0.00412. The van der Waals surface area contributed by atoms with Crippen molar-refractivity contribution in [2.75, 3.05) is 4.90 Å². The molecule has 1 unspecified atom stereocenters.